The minimum Gasteiger partial charge on any atom is -0.372 e. The molecule has 0 heterocycles. The Labute approximate surface area is 319 Å². The van der Waals surface area contributed by atoms with E-state index in [1.807, 2.05) is 6.07 Å². The average molecular weight is 704 g/mol. The van der Waals surface area contributed by atoms with Crippen molar-refractivity contribution in [3.05, 3.63) is 88.5 Å². The first-order valence-corrected chi connectivity index (χ1v) is 21.9. The third-order valence-corrected chi connectivity index (χ3v) is 11.7. The first-order valence-electron chi connectivity index (χ1n) is 21.9. The van der Waals surface area contributed by atoms with E-state index < -0.39 is 0 Å². The Kier molecular flexibility index (Phi) is 18.8. The van der Waals surface area contributed by atoms with E-state index in [1.54, 1.807) is 0 Å². The van der Waals surface area contributed by atoms with Gasteiger partial charge in [-0.05, 0) is 77.3 Å². The molecule has 0 fully saturated rings. The van der Waals surface area contributed by atoms with Crippen LogP contribution in [-0.4, -0.2) is 19.4 Å². The van der Waals surface area contributed by atoms with Crippen LogP contribution in [0.3, 0.4) is 0 Å². The van der Waals surface area contributed by atoms with Crippen LogP contribution in [0.1, 0.15) is 202 Å². The fraction of sp³-hybridized carbons (Fsp3) is 0.580. The fourth-order valence-electron chi connectivity index (χ4n) is 8.55. The molecule has 0 bridgehead atoms. The van der Waals surface area contributed by atoms with Crippen molar-refractivity contribution in [3.8, 4) is 11.1 Å². The number of rotatable bonds is 28. The van der Waals surface area contributed by atoms with Gasteiger partial charge in [0.1, 0.15) is 6.29 Å². The van der Waals surface area contributed by atoms with Gasteiger partial charge in [-0.25, -0.2) is 0 Å². The summed E-state index contributed by atoms with van der Waals surface area (Å²) in [6.07, 6.45) is 34.3. The summed E-state index contributed by atoms with van der Waals surface area (Å²) in [7, 11) is 0. The number of benzene rings is 3. The Bertz CT molecular complexity index is 1440. The van der Waals surface area contributed by atoms with Crippen molar-refractivity contribution in [2.45, 2.75) is 174 Å². The molecule has 0 atom stereocenters. The lowest BCUT2D eigenvalue weighted by Gasteiger charge is -2.33. The van der Waals surface area contributed by atoms with Gasteiger partial charge in [0.2, 0.25) is 0 Å². The van der Waals surface area contributed by atoms with Gasteiger partial charge >= 0.3 is 0 Å². The summed E-state index contributed by atoms with van der Waals surface area (Å²) in [5.74, 6) is 0. The lowest BCUT2D eigenvalue weighted by molar-refractivity contribution is 0.112. The van der Waals surface area contributed by atoms with Gasteiger partial charge in [-0.15, -0.1) is 0 Å². The fourth-order valence-corrected chi connectivity index (χ4v) is 8.55. The normalized spacial score (nSPS) is 13.1. The van der Waals surface area contributed by atoms with Crippen molar-refractivity contribution in [3.63, 3.8) is 0 Å². The molecule has 0 aliphatic heterocycles. The summed E-state index contributed by atoms with van der Waals surface area (Å²) in [6.45, 7) is 11.4. The van der Waals surface area contributed by atoms with E-state index in [-0.39, 0.29) is 5.41 Å². The number of carbonyl (C=O) groups excluding carboxylic acids is 1. The van der Waals surface area contributed by atoms with Crippen molar-refractivity contribution in [2.24, 2.45) is 0 Å². The predicted molar refractivity (Wildman–Crippen MR) is 230 cm³/mol. The number of aldehydes is 1. The maximum Gasteiger partial charge on any atom is 0.150 e. The summed E-state index contributed by atoms with van der Waals surface area (Å²) in [5, 5.41) is 0. The van der Waals surface area contributed by atoms with E-state index in [2.05, 4.69) is 99.3 Å². The van der Waals surface area contributed by atoms with Crippen LogP contribution in [-0.2, 0) is 5.41 Å². The molecule has 2 heteroatoms. The summed E-state index contributed by atoms with van der Waals surface area (Å²) in [6, 6.07) is 22.9. The van der Waals surface area contributed by atoms with Crippen molar-refractivity contribution in [2.75, 3.05) is 18.0 Å². The summed E-state index contributed by atoms with van der Waals surface area (Å²) >= 11 is 0. The Morgan fingerprint density at radius 3 is 1.35 bits per heavy atom. The van der Waals surface area contributed by atoms with Crippen LogP contribution in [0.5, 0.6) is 0 Å². The van der Waals surface area contributed by atoms with Crippen molar-refractivity contribution < 1.29 is 4.79 Å². The van der Waals surface area contributed by atoms with Crippen LogP contribution in [0.25, 0.3) is 23.3 Å². The number of carbonyl (C=O) groups is 1. The van der Waals surface area contributed by atoms with Gasteiger partial charge in [0.25, 0.3) is 0 Å². The Hall–Kier alpha value is -3.13. The number of hydrogen-bond acceptors (Lipinski definition) is 2. The van der Waals surface area contributed by atoms with E-state index in [1.165, 1.54) is 180 Å². The van der Waals surface area contributed by atoms with Gasteiger partial charge in [-0.3, -0.25) is 4.79 Å². The first-order chi connectivity index (χ1) is 25.6. The third-order valence-electron chi connectivity index (χ3n) is 11.7. The van der Waals surface area contributed by atoms with E-state index in [0.29, 0.717) is 0 Å². The second-order valence-corrected chi connectivity index (χ2v) is 15.9. The molecule has 0 N–H and O–H groups in total. The molecule has 0 spiro atoms. The molecule has 0 aromatic heterocycles. The Morgan fingerprint density at radius 2 is 0.865 bits per heavy atom. The molecule has 0 saturated carbocycles. The van der Waals surface area contributed by atoms with Crippen molar-refractivity contribution in [1.82, 2.24) is 0 Å². The van der Waals surface area contributed by atoms with Crippen LogP contribution in [0.4, 0.5) is 5.69 Å². The molecule has 3 aromatic carbocycles. The van der Waals surface area contributed by atoms with Crippen LogP contribution < -0.4 is 4.90 Å². The third kappa shape index (κ3) is 12.2. The van der Waals surface area contributed by atoms with Gasteiger partial charge in [-0.2, -0.15) is 0 Å². The molecule has 0 unspecified atom stereocenters. The van der Waals surface area contributed by atoms with Gasteiger partial charge in [-0.1, -0.05) is 198 Å². The van der Waals surface area contributed by atoms with Gasteiger partial charge < -0.3 is 4.90 Å². The molecule has 0 saturated heterocycles. The summed E-state index contributed by atoms with van der Waals surface area (Å²) in [5.41, 5.74) is 10.3. The maximum absolute atomic E-state index is 12.1. The molecule has 0 amide bonds. The highest BCUT2D eigenvalue weighted by molar-refractivity contribution is 5.86. The Balaban J connectivity index is 1.58. The molecule has 1 aliphatic rings. The van der Waals surface area contributed by atoms with Crippen molar-refractivity contribution >= 4 is 24.1 Å². The molecular formula is C50H73NO. The predicted octanol–water partition coefficient (Wildman–Crippen LogP) is 15.4. The van der Waals surface area contributed by atoms with Gasteiger partial charge in [0.05, 0.1) is 0 Å². The molecule has 0 radical (unpaired) electrons. The average Bonchev–Trinajstić information content (AvgIpc) is 3.44. The SMILES string of the molecule is CCCCCCCCCCC1(CCCCCCCCCC)c2cc(C=O)ccc2-c2ccc(/C=C/c3ccc(N(CCCC)CCCC)cc3)cc21. The topological polar surface area (TPSA) is 20.3 Å². The lowest BCUT2D eigenvalue weighted by atomic mass is 9.70. The second-order valence-electron chi connectivity index (χ2n) is 15.9. The Morgan fingerprint density at radius 1 is 0.462 bits per heavy atom. The quantitative estimate of drug-likeness (QED) is 0.0426. The summed E-state index contributed by atoms with van der Waals surface area (Å²) < 4.78 is 0. The zero-order valence-corrected chi connectivity index (χ0v) is 33.8. The number of fused-ring (bicyclic) bond motifs is 3. The zero-order valence-electron chi connectivity index (χ0n) is 33.8. The minimum absolute atomic E-state index is 0.0277. The highest BCUT2D eigenvalue weighted by Gasteiger charge is 2.42. The van der Waals surface area contributed by atoms with Crippen LogP contribution in [0, 0.1) is 0 Å². The molecular weight excluding hydrogens is 631 g/mol. The van der Waals surface area contributed by atoms with Gasteiger partial charge in [0.15, 0.2) is 0 Å². The van der Waals surface area contributed by atoms with Crippen LogP contribution >= 0.6 is 0 Å². The highest BCUT2D eigenvalue weighted by Crippen LogP contribution is 2.54. The van der Waals surface area contributed by atoms with Crippen LogP contribution in [0.15, 0.2) is 60.7 Å². The molecule has 3 aromatic rings. The maximum atomic E-state index is 12.1. The highest BCUT2D eigenvalue weighted by atomic mass is 16.1. The number of anilines is 1. The number of nitrogens with zero attached hydrogens (tertiary/aromatic N) is 1. The van der Waals surface area contributed by atoms with E-state index >= 15 is 0 Å². The largest absolute Gasteiger partial charge is 0.372 e. The second kappa shape index (κ2) is 23.5. The van der Waals surface area contributed by atoms with Crippen molar-refractivity contribution in [1.29, 1.82) is 0 Å². The van der Waals surface area contributed by atoms with Crippen LogP contribution in [0.2, 0.25) is 0 Å². The van der Waals surface area contributed by atoms with Gasteiger partial charge in [0, 0.05) is 29.8 Å². The monoisotopic (exact) mass is 704 g/mol. The smallest absolute Gasteiger partial charge is 0.150 e. The lowest BCUT2D eigenvalue weighted by Crippen LogP contribution is -2.26. The molecule has 284 valence electrons. The van der Waals surface area contributed by atoms with E-state index in [9.17, 15) is 4.79 Å². The molecule has 1 aliphatic carbocycles. The molecule has 2 nitrogen and oxygen atoms in total. The minimum atomic E-state index is -0.0277. The van der Waals surface area contributed by atoms with E-state index in [0.717, 1.165) is 24.9 Å². The summed E-state index contributed by atoms with van der Waals surface area (Å²) in [4.78, 5) is 14.7. The number of hydrogen-bond donors (Lipinski definition) is 0. The number of unbranched alkanes of at least 4 members (excludes halogenated alkanes) is 16. The molecule has 52 heavy (non-hydrogen) atoms. The first kappa shape index (κ1) is 41.6. The molecule has 4 rings (SSSR count). The zero-order chi connectivity index (χ0) is 36.9. The standard InChI is InChI=1S/C50H73NO/c1-5-9-13-15-17-19-21-23-35-50(36-24-22-20-18-16-14-10-6-2)48-39-43(29-33-46(48)47-34-30-44(41-52)40-49(47)50)26-25-42-27-31-45(32-28-42)51(37-11-7-3)38-12-8-4/h25-34,39-41H,5-24,35-38H2,1-4H3/b26-25+. The van der Waals surface area contributed by atoms with E-state index in [4.69, 9.17) is 0 Å².